The zero-order chi connectivity index (χ0) is 14.6. The van der Waals surface area contributed by atoms with Crippen molar-refractivity contribution in [3.05, 3.63) is 24.5 Å². The predicted molar refractivity (Wildman–Crippen MR) is 71.8 cm³/mol. The van der Waals surface area contributed by atoms with Gasteiger partial charge in [0.05, 0.1) is 24.5 Å². The number of carbonyl (C=O) groups is 1. The zero-order valence-corrected chi connectivity index (χ0v) is 11.7. The van der Waals surface area contributed by atoms with E-state index in [9.17, 15) is 4.79 Å². The van der Waals surface area contributed by atoms with E-state index < -0.39 is 5.97 Å². The fourth-order valence-corrected chi connectivity index (χ4v) is 1.42. The fraction of sp³-hybridized carbons (Fsp3) is 0.643. The molecule has 0 bridgehead atoms. The van der Waals surface area contributed by atoms with Crippen LogP contribution >= 0.6 is 0 Å². The first-order valence-corrected chi connectivity index (χ1v) is 6.59. The number of hydrogen-bond acceptors (Lipinski definition) is 6. The fourth-order valence-electron chi connectivity index (χ4n) is 1.42. The van der Waals surface area contributed by atoms with Crippen molar-refractivity contribution in [3.8, 4) is 0 Å². The van der Waals surface area contributed by atoms with Crippen LogP contribution in [0.2, 0.25) is 0 Å². The van der Waals surface area contributed by atoms with E-state index in [2.05, 4.69) is 13.2 Å². The summed E-state index contributed by atoms with van der Waals surface area (Å²) in [7, 11) is 0. The summed E-state index contributed by atoms with van der Waals surface area (Å²) >= 11 is 0. The van der Waals surface area contributed by atoms with Gasteiger partial charge in [-0.05, 0) is 12.8 Å². The maximum absolute atomic E-state index is 11.5. The third kappa shape index (κ3) is 7.93. The van der Waals surface area contributed by atoms with Crippen LogP contribution in [-0.2, 0) is 28.5 Å². The molecule has 1 aliphatic rings. The van der Waals surface area contributed by atoms with Gasteiger partial charge in [-0.25, -0.2) is 4.79 Å². The number of allylic oxidation sites excluding steroid dienone is 1. The van der Waals surface area contributed by atoms with Crippen molar-refractivity contribution in [3.63, 3.8) is 0 Å². The van der Waals surface area contributed by atoms with Crippen LogP contribution in [0.1, 0.15) is 19.3 Å². The Hall–Kier alpha value is -1.37. The van der Waals surface area contributed by atoms with E-state index in [4.69, 9.17) is 23.7 Å². The van der Waals surface area contributed by atoms with Gasteiger partial charge in [0.25, 0.3) is 0 Å². The number of ether oxygens (including phenoxy) is 5. The highest BCUT2D eigenvalue weighted by Gasteiger charge is 2.08. The lowest BCUT2D eigenvalue weighted by Crippen LogP contribution is -2.16. The second-order valence-corrected chi connectivity index (χ2v) is 4.28. The predicted octanol–water partition coefficient (Wildman–Crippen LogP) is 1.76. The summed E-state index contributed by atoms with van der Waals surface area (Å²) in [5.41, 5.74) is 0.252. The van der Waals surface area contributed by atoms with Crippen molar-refractivity contribution in [2.75, 3.05) is 40.0 Å². The second kappa shape index (κ2) is 10.4. The minimum Gasteiger partial charge on any atom is -0.473 e. The van der Waals surface area contributed by atoms with Crippen LogP contribution in [0.25, 0.3) is 0 Å². The molecule has 1 heterocycles. The summed E-state index contributed by atoms with van der Waals surface area (Å²) in [5.74, 6) is 0.180. The quantitative estimate of drug-likeness (QED) is 0.499. The smallest absolute Gasteiger partial charge is 0.335 e. The Kier molecular flexibility index (Phi) is 8.69. The normalized spacial score (nSPS) is 21.7. The molecule has 1 fully saturated rings. The van der Waals surface area contributed by atoms with Gasteiger partial charge >= 0.3 is 5.97 Å². The van der Waals surface area contributed by atoms with Crippen molar-refractivity contribution in [2.45, 2.75) is 19.3 Å². The molecular weight excluding hydrogens is 264 g/mol. The Labute approximate surface area is 119 Å². The summed E-state index contributed by atoms with van der Waals surface area (Å²) in [6.07, 6.45) is 2.57. The van der Waals surface area contributed by atoms with Gasteiger partial charge in [-0.2, -0.15) is 0 Å². The van der Waals surface area contributed by atoms with Gasteiger partial charge < -0.3 is 23.7 Å². The largest absolute Gasteiger partial charge is 0.473 e. The van der Waals surface area contributed by atoms with Gasteiger partial charge in [-0.15, -0.1) is 0 Å². The Morgan fingerprint density at radius 1 is 0.850 bits per heavy atom. The molecule has 0 spiro atoms. The zero-order valence-electron chi connectivity index (χ0n) is 11.7. The first-order chi connectivity index (χ1) is 9.70. The first-order valence-electron chi connectivity index (χ1n) is 6.59. The number of rotatable bonds is 0. The average molecular weight is 286 g/mol. The number of cyclic esters (lactones) is 1. The molecule has 0 aromatic heterocycles. The molecular formula is C14H22O6. The maximum Gasteiger partial charge on any atom is 0.335 e. The number of hydrogen-bond donors (Lipinski definition) is 0. The summed E-state index contributed by atoms with van der Waals surface area (Å²) in [5, 5.41) is 0. The summed E-state index contributed by atoms with van der Waals surface area (Å²) in [6.45, 7) is 8.71. The molecule has 0 N–H and O–H groups in total. The van der Waals surface area contributed by atoms with E-state index >= 15 is 0 Å². The molecule has 1 saturated heterocycles. The molecule has 0 unspecified atom stereocenters. The third-order valence-electron chi connectivity index (χ3n) is 2.53. The highest BCUT2D eigenvalue weighted by atomic mass is 16.7. The molecule has 0 saturated carbocycles. The van der Waals surface area contributed by atoms with E-state index in [1.165, 1.54) is 0 Å². The van der Waals surface area contributed by atoms with Crippen LogP contribution in [0.3, 0.4) is 0 Å². The van der Waals surface area contributed by atoms with Crippen LogP contribution in [0.5, 0.6) is 0 Å². The second-order valence-electron chi connectivity index (χ2n) is 4.28. The van der Waals surface area contributed by atoms with Gasteiger partial charge in [0.15, 0.2) is 6.79 Å². The Balaban J connectivity index is 2.31. The number of carbonyl (C=O) groups excluding carboxylic acids is 1. The van der Waals surface area contributed by atoms with Gasteiger partial charge in [0, 0.05) is 13.0 Å². The Morgan fingerprint density at radius 2 is 1.65 bits per heavy atom. The van der Waals surface area contributed by atoms with Crippen molar-refractivity contribution < 1.29 is 28.5 Å². The lowest BCUT2D eigenvalue weighted by molar-refractivity contribution is -0.143. The van der Waals surface area contributed by atoms with Crippen molar-refractivity contribution in [1.82, 2.24) is 0 Å². The van der Waals surface area contributed by atoms with Crippen LogP contribution in [0.4, 0.5) is 0 Å². The summed E-state index contributed by atoms with van der Waals surface area (Å²) in [6, 6.07) is 0. The van der Waals surface area contributed by atoms with Gasteiger partial charge in [0.2, 0.25) is 0 Å². The van der Waals surface area contributed by atoms with Crippen molar-refractivity contribution >= 4 is 5.97 Å². The molecule has 6 nitrogen and oxygen atoms in total. The standard InChI is InChI=1S/C14H22O6/c1-12-9-18-10-16-6-4-3-5-13(2)20-11-17-7-8-19-14(12)15/h1-11H2. The Bertz CT molecular complexity index is 326. The van der Waals surface area contributed by atoms with Crippen LogP contribution in [0, 0.1) is 0 Å². The van der Waals surface area contributed by atoms with Crippen LogP contribution in [-0.4, -0.2) is 46.0 Å². The molecule has 0 amide bonds. The van der Waals surface area contributed by atoms with Gasteiger partial charge in [-0.1, -0.05) is 13.2 Å². The van der Waals surface area contributed by atoms with Gasteiger partial charge in [-0.3, -0.25) is 0 Å². The van der Waals surface area contributed by atoms with Crippen molar-refractivity contribution in [1.29, 1.82) is 0 Å². The maximum atomic E-state index is 11.5. The lowest BCUT2D eigenvalue weighted by Gasteiger charge is -2.09. The lowest BCUT2D eigenvalue weighted by atomic mass is 10.2. The topological polar surface area (TPSA) is 63.2 Å². The molecule has 0 radical (unpaired) electrons. The van der Waals surface area contributed by atoms with E-state index in [0.29, 0.717) is 12.4 Å². The molecule has 0 aromatic carbocycles. The van der Waals surface area contributed by atoms with E-state index in [-0.39, 0.29) is 39.0 Å². The molecule has 0 atom stereocenters. The van der Waals surface area contributed by atoms with Gasteiger partial charge in [0.1, 0.15) is 13.4 Å². The van der Waals surface area contributed by atoms with E-state index in [0.717, 1.165) is 19.3 Å². The molecule has 0 aliphatic carbocycles. The molecule has 20 heavy (non-hydrogen) atoms. The SMILES string of the molecule is C=C1CCCCOCOCC(=C)C(=O)OCCOCO1. The monoisotopic (exact) mass is 286 g/mol. The minimum absolute atomic E-state index is 0.0968. The average Bonchev–Trinajstić information content (AvgIpc) is 2.44. The number of esters is 1. The van der Waals surface area contributed by atoms with E-state index in [1.54, 1.807) is 0 Å². The van der Waals surface area contributed by atoms with Crippen LogP contribution < -0.4 is 0 Å². The highest BCUT2D eigenvalue weighted by Crippen LogP contribution is 2.07. The molecule has 1 aliphatic heterocycles. The molecule has 0 aromatic rings. The molecule has 1 rings (SSSR count). The first kappa shape index (κ1) is 16.7. The molecule has 114 valence electrons. The summed E-state index contributed by atoms with van der Waals surface area (Å²) in [4.78, 5) is 11.5. The van der Waals surface area contributed by atoms with E-state index in [1.807, 2.05) is 0 Å². The highest BCUT2D eigenvalue weighted by molar-refractivity contribution is 5.87. The Morgan fingerprint density at radius 3 is 2.50 bits per heavy atom. The van der Waals surface area contributed by atoms with Crippen LogP contribution in [0.15, 0.2) is 24.5 Å². The minimum atomic E-state index is -0.497. The van der Waals surface area contributed by atoms with Crippen molar-refractivity contribution in [2.24, 2.45) is 0 Å². The summed E-state index contributed by atoms with van der Waals surface area (Å²) < 4.78 is 25.8. The third-order valence-corrected chi connectivity index (χ3v) is 2.53. The molecule has 6 heteroatoms.